The monoisotopic (exact) mass is 324 g/mol. The van der Waals surface area contributed by atoms with E-state index in [-0.39, 0.29) is 5.91 Å². The second-order valence-electron chi connectivity index (χ2n) is 5.04. The second-order valence-corrected chi connectivity index (χ2v) is 5.90. The van der Waals surface area contributed by atoms with Gasteiger partial charge in [-0.25, -0.2) is 4.98 Å². The Labute approximate surface area is 138 Å². The van der Waals surface area contributed by atoms with Crippen molar-refractivity contribution in [1.29, 1.82) is 0 Å². The van der Waals surface area contributed by atoms with E-state index in [0.29, 0.717) is 0 Å². The van der Waals surface area contributed by atoms with Gasteiger partial charge in [0.2, 0.25) is 5.91 Å². The van der Waals surface area contributed by atoms with Crippen molar-refractivity contribution in [2.24, 2.45) is 0 Å². The number of nitrogens with zero attached hydrogens (tertiary/aromatic N) is 1. The number of nitrogen functional groups attached to an aromatic ring is 1. The summed E-state index contributed by atoms with van der Waals surface area (Å²) in [6.45, 7) is 1.49. The van der Waals surface area contributed by atoms with Crippen molar-refractivity contribution in [3.63, 3.8) is 0 Å². The number of benzene rings is 2. The summed E-state index contributed by atoms with van der Waals surface area (Å²) in [5.74, 6) is -0.0845. The van der Waals surface area contributed by atoms with Crippen molar-refractivity contribution in [3.8, 4) is 11.3 Å². The summed E-state index contributed by atoms with van der Waals surface area (Å²) in [5.41, 5.74) is 10.1. The molecule has 6 heteroatoms. The van der Waals surface area contributed by atoms with Crippen LogP contribution in [-0.2, 0) is 4.79 Å². The SMILES string of the molecule is CC(=O)Nc1ccc(Nc2nc(-c3ccc(N)cc3)cs2)cc1. The summed E-state index contributed by atoms with van der Waals surface area (Å²) >= 11 is 1.54. The molecule has 0 saturated carbocycles. The molecule has 0 atom stereocenters. The molecule has 116 valence electrons. The van der Waals surface area contributed by atoms with Gasteiger partial charge in [0.15, 0.2) is 5.13 Å². The van der Waals surface area contributed by atoms with Crippen molar-refractivity contribution in [2.75, 3.05) is 16.4 Å². The van der Waals surface area contributed by atoms with Crippen LogP contribution < -0.4 is 16.4 Å². The lowest BCUT2D eigenvalue weighted by molar-refractivity contribution is -0.114. The van der Waals surface area contributed by atoms with E-state index in [2.05, 4.69) is 15.6 Å². The van der Waals surface area contributed by atoms with Crippen LogP contribution >= 0.6 is 11.3 Å². The molecule has 0 bridgehead atoms. The maximum absolute atomic E-state index is 11.0. The third-order valence-electron chi connectivity index (χ3n) is 3.17. The molecule has 0 aliphatic rings. The third kappa shape index (κ3) is 3.87. The first-order valence-electron chi connectivity index (χ1n) is 7.06. The topological polar surface area (TPSA) is 80.0 Å². The Hall–Kier alpha value is -2.86. The van der Waals surface area contributed by atoms with Gasteiger partial charge in [-0.05, 0) is 36.4 Å². The molecular formula is C17H16N4OS. The van der Waals surface area contributed by atoms with Crippen LogP contribution in [0.1, 0.15) is 6.92 Å². The molecule has 0 aliphatic carbocycles. The average Bonchev–Trinajstić information content (AvgIpc) is 2.98. The molecule has 0 fully saturated rings. The number of aromatic nitrogens is 1. The van der Waals surface area contributed by atoms with Crippen LogP contribution in [0.5, 0.6) is 0 Å². The van der Waals surface area contributed by atoms with Gasteiger partial charge in [0.05, 0.1) is 5.69 Å². The lowest BCUT2D eigenvalue weighted by Gasteiger charge is -2.05. The van der Waals surface area contributed by atoms with Gasteiger partial charge < -0.3 is 16.4 Å². The van der Waals surface area contributed by atoms with Gasteiger partial charge in [-0.15, -0.1) is 11.3 Å². The zero-order chi connectivity index (χ0) is 16.2. The number of nitrogens with two attached hydrogens (primary N) is 1. The molecule has 2 aromatic carbocycles. The first-order chi connectivity index (χ1) is 11.1. The van der Waals surface area contributed by atoms with Crippen molar-refractivity contribution < 1.29 is 4.79 Å². The number of rotatable bonds is 4. The molecule has 1 aromatic heterocycles. The van der Waals surface area contributed by atoms with Gasteiger partial charge in [0.1, 0.15) is 0 Å². The Balaban J connectivity index is 1.71. The molecule has 23 heavy (non-hydrogen) atoms. The zero-order valence-electron chi connectivity index (χ0n) is 12.5. The molecule has 1 heterocycles. The number of hydrogen-bond donors (Lipinski definition) is 3. The molecule has 1 amide bonds. The maximum atomic E-state index is 11.0. The normalized spacial score (nSPS) is 10.3. The Morgan fingerprint density at radius 2 is 1.70 bits per heavy atom. The van der Waals surface area contributed by atoms with Crippen molar-refractivity contribution >= 4 is 39.4 Å². The Morgan fingerprint density at radius 1 is 1.04 bits per heavy atom. The van der Waals surface area contributed by atoms with Crippen LogP contribution in [-0.4, -0.2) is 10.9 Å². The second kappa shape index (κ2) is 6.50. The van der Waals surface area contributed by atoms with E-state index in [9.17, 15) is 4.79 Å². The van der Waals surface area contributed by atoms with Crippen LogP contribution in [0.4, 0.5) is 22.2 Å². The van der Waals surface area contributed by atoms with Crippen LogP contribution in [0, 0.1) is 0 Å². The Bertz CT molecular complexity index is 809. The fourth-order valence-corrected chi connectivity index (χ4v) is 2.82. The van der Waals surface area contributed by atoms with E-state index in [4.69, 9.17) is 5.73 Å². The minimum atomic E-state index is -0.0845. The predicted octanol–water partition coefficient (Wildman–Crippen LogP) is 4.09. The van der Waals surface area contributed by atoms with E-state index >= 15 is 0 Å². The standard InChI is InChI=1S/C17H16N4OS/c1-11(22)19-14-6-8-15(9-7-14)20-17-21-16(10-23-17)12-2-4-13(18)5-3-12/h2-10H,18H2,1H3,(H,19,22)(H,20,21). The highest BCUT2D eigenvalue weighted by molar-refractivity contribution is 7.14. The van der Waals surface area contributed by atoms with Gasteiger partial charge in [0.25, 0.3) is 0 Å². The van der Waals surface area contributed by atoms with Crippen LogP contribution in [0.15, 0.2) is 53.9 Å². The highest BCUT2D eigenvalue weighted by Crippen LogP contribution is 2.28. The molecule has 0 aliphatic heterocycles. The highest BCUT2D eigenvalue weighted by Gasteiger charge is 2.05. The van der Waals surface area contributed by atoms with Gasteiger partial charge in [-0.2, -0.15) is 0 Å². The summed E-state index contributed by atoms with van der Waals surface area (Å²) < 4.78 is 0. The molecule has 0 spiro atoms. The molecule has 5 nitrogen and oxygen atoms in total. The van der Waals surface area contributed by atoms with E-state index in [1.54, 1.807) is 0 Å². The van der Waals surface area contributed by atoms with Gasteiger partial charge in [0, 0.05) is 34.9 Å². The van der Waals surface area contributed by atoms with E-state index in [0.717, 1.165) is 33.5 Å². The summed E-state index contributed by atoms with van der Waals surface area (Å²) in [6, 6.07) is 15.1. The molecule has 4 N–H and O–H groups in total. The molecule has 0 radical (unpaired) electrons. The fraction of sp³-hybridized carbons (Fsp3) is 0.0588. The molecule has 3 rings (SSSR count). The van der Waals surface area contributed by atoms with Crippen LogP contribution in [0.2, 0.25) is 0 Å². The first-order valence-corrected chi connectivity index (χ1v) is 7.94. The summed E-state index contributed by atoms with van der Waals surface area (Å²) in [4.78, 5) is 15.6. The number of nitrogens with one attached hydrogen (secondary N) is 2. The number of anilines is 4. The minimum absolute atomic E-state index is 0.0845. The number of thiazole rings is 1. The Kier molecular flexibility index (Phi) is 4.25. The fourth-order valence-electron chi connectivity index (χ4n) is 2.08. The smallest absolute Gasteiger partial charge is 0.221 e. The number of carbonyl (C=O) groups is 1. The van der Waals surface area contributed by atoms with Crippen molar-refractivity contribution in [3.05, 3.63) is 53.9 Å². The van der Waals surface area contributed by atoms with Gasteiger partial charge in [-0.1, -0.05) is 12.1 Å². The van der Waals surface area contributed by atoms with E-state index < -0.39 is 0 Å². The third-order valence-corrected chi connectivity index (χ3v) is 3.92. The van der Waals surface area contributed by atoms with Crippen molar-refractivity contribution in [1.82, 2.24) is 4.98 Å². The van der Waals surface area contributed by atoms with Crippen LogP contribution in [0.25, 0.3) is 11.3 Å². The minimum Gasteiger partial charge on any atom is -0.399 e. The van der Waals surface area contributed by atoms with E-state index in [1.807, 2.05) is 53.9 Å². The molecule has 0 unspecified atom stereocenters. The van der Waals surface area contributed by atoms with Gasteiger partial charge in [-0.3, -0.25) is 4.79 Å². The first kappa shape index (κ1) is 15.1. The predicted molar refractivity (Wildman–Crippen MR) is 96.0 cm³/mol. The lowest BCUT2D eigenvalue weighted by Crippen LogP contribution is -2.05. The van der Waals surface area contributed by atoms with Crippen molar-refractivity contribution in [2.45, 2.75) is 6.92 Å². The Morgan fingerprint density at radius 3 is 2.35 bits per heavy atom. The lowest BCUT2D eigenvalue weighted by atomic mass is 10.1. The van der Waals surface area contributed by atoms with Crippen LogP contribution in [0.3, 0.4) is 0 Å². The highest BCUT2D eigenvalue weighted by atomic mass is 32.1. The zero-order valence-corrected chi connectivity index (χ0v) is 13.4. The summed E-state index contributed by atoms with van der Waals surface area (Å²) in [5, 5.41) is 8.80. The quantitative estimate of drug-likeness (QED) is 0.631. The maximum Gasteiger partial charge on any atom is 0.221 e. The summed E-state index contributed by atoms with van der Waals surface area (Å²) in [7, 11) is 0. The largest absolute Gasteiger partial charge is 0.399 e. The number of amides is 1. The van der Waals surface area contributed by atoms with E-state index in [1.165, 1.54) is 18.3 Å². The summed E-state index contributed by atoms with van der Waals surface area (Å²) in [6.07, 6.45) is 0. The molecule has 3 aromatic rings. The average molecular weight is 324 g/mol. The van der Waals surface area contributed by atoms with Gasteiger partial charge >= 0.3 is 0 Å². The number of hydrogen-bond acceptors (Lipinski definition) is 5. The molecule has 0 saturated heterocycles. The molecular weight excluding hydrogens is 308 g/mol. The number of carbonyl (C=O) groups excluding carboxylic acids is 1.